The van der Waals surface area contributed by atoms with Crippen molar-refractivity contribution in [1.82, 2.24) is 14.8 Å². The highest BCUT2D eigenvalue weighted by Gasteiger charge is 2.36. The lowest BCUT2D eigenvalue weighted by Gasteiger charge is -2.34. The number of thiophene rings is 1. The topological polar surface area (TPSA) is 40.5 Å². The minimum absolute atomic E-state index is 0.0787. The van der Waals surface area contributed by atoms with Crippen LogP contribution in [-0.2, 0) is 19.4 Å². The first-order chi connectivity index (χ1) is 17.1. The Morgan fingerprint density at radius 3 is 2.51 bits per heavy atom. The van der Waals surface area contributed by atoms with Gasteiger partial charge in [0.05, 0.1) is 18.3 Å². The summed E-state index contributed by atoms with van der Waals surface area (Å²) in [5.41, 5.74) is 6.39. The fourth-order valence-corrected chi connectivity index (χ4v) is 7.60. The van der Waals surface area contributed by atoms with Gasteiger partial charge in [0, 0.05) is 42.5 Å². The molecule has 35 heavy (non-hydrogen) atoms. The smallest absolute Gasteiger partial charge is 0.318 e. The first kappa shape index (κ1) is 22.7. The molecule has 3 heterocycles. The van der Waals surface area contributed by atoms with Gasteiger partial charge in [-0.25, -0.2) is 4.79 Å². The van der Waals surface area contributed by atoms with E-state index in [9.17, 15) is 4.79 Å². The number of nitrogens with one attached hydrogen (secondary N) is 1. The Hall–Kier alpha value is -2.73. The van der Waals surface area contributed by atoms with Crippen molar-refractivity contribution >= 4 is 23.1 Å². The fraction of sp³-hybridized carbons (Fsp3) is 0.483. The van der Waals surface area contributed by atoms with Crippen molar-refractivity contribution < 1.29 is 4.79 Å². The first-order valence-electron chi connectivity index (χ1n) is 13.3. The highest BCUT2D eigenvalue weighted by atomic mass is 32.1. The van der Waals surface area contributed by atoms with Gasteiger partial charge in [-0.15, -0.1) is 11.3 Å². The largest absolute Gasteiger partial charge is 0.378 e. The Balaban J connectivity index is 1.45. The fourth-order valence-electron chi connectivity index (χ4n) is 6.20. The molecule has 6 heteroatoms. The van der Waals surface area contributed by atoms with Crippen LogP contribution in [0.15, 0.2) is 42.6 Å². The number of amides is 2. The van der Waals surface area contributed by atoms with E-state index in [4.69, 9.17) is 0 Å². The van der Waals surface area contributed by atoms with Crippen LogP contribution in [0.25, 0.3) is 5.00 Å². The van der Waals surface area contributed by atoms with E-state index < -0.39 is 0 Å². The average Bonchev–Trinajstić information content (AvgIpc) is 3.46. The molecule has 6 rings (SSSR count). The molecule has 0 saturated heterocycles. The summed E-state index contributed by atoms with van der Waals surface area (Å²) in [5, 5.41) is 4.76. The van der Waals surface area contributed by atoms with Gasteiger partial charge in [-0.1, -0.05) is 31.4 Å². The predicted octanol–water partition coefficient (Wildman–Crippen LogP) is 6.43. The Bertz CT molecular complexity index is 1200. The maximum atomic E-state index is 14.0. The van der Waals surface area contributed by atoms with E-state index in [0.29, 0.717) is 12.6 Å². The number of nitrogens with zero attached hydrogens (tertiary/aromatic N) is 3. The van der Waals surface area contributed by atoms with E-state index in [0.717, 1.165) is 19.3 Å². The number of aryl methyl sites for hydroxylation is 1. The molecule has 0 unspecified atom stereocenters. The normalized spacial score (nSPS) is 19.9. The number of benzene rings is 1. The lowest BCUT2D eigenvalue weighted by molar-refractivity contribution is 0.173. The second kappa shape index (κ2) is 9.38. The Morgan fingerprint density at radius 2 is 1.74 bits per heavy atom. The summed E-state index contributed by atoms with van der Waals surface area (Å²) in [6.07, 6.45) is 12.9. The van der Waals surface area contributed by atoms with Crippen LogP contribution >= 0.6 is 11.3 Å². The molecule has 0 radical (unpaired) electrons. The Labute approximate surface area is 212 Å². The predicted molar refractivity (Wildman–Crippen MR) is 144 cm³/mol. The SMILES string of the molecule is CN(C)c1ccc([C@@H]2c3cccn3-c3sc4c(c3CN2C(=O)NC2CCCCC2)CCCC4)cc1. The van der Waals surface area contributed by atoms with Gasteiger partial charge in [0.15, 0.2) is 0 Å². The van der Waals surface area contributed by atoms with E-state index >= 15 is 0 Å². The molecule has 1 atom stereocenters. The van der Waals surface area contributed by atoms with Crippen LogP contribution in [0.5, 0.6) is 0 Å². The van der Waals surface area contributed by atoms with E-state index in [1.807, 2.05) is 11.3 Å². The van der Waals surface area contributed by atoms with Gasteiger partial charge < -0.3 is 19.7 Å². The Morgan fingerprint density at radius 1 is 0.971 bits per heavy atom. The molecule has 3 aliphatic rings. The number of hydrogen-bond acceptors (Lipinski definition) is 3. The number of carbonyl (C=O) groups is 1. The second-order valence-corrected chi connectivity index (χ2v) is 11.7. The van der Waals surface area contributed by atoms with E-state index in [-0.39, 0.29) is 12.1 Å². The molecule has 184 valence electrons. The van der Waals surface area contributed by atoms with Gasteiger partial charge in [-0.3, -0.25) is 0 Å². The molecule has 1 fully saturated rings. The van der Waals surface area contributed by atoms with Gasteiger partial charge >= 0.3 is 6.03 Å². The summed E-state index contributed by atoms with van der Waals surface area (Å²) < 4.78 is 2.37. The summed E-state index contributed by atoms with van der Waals surface area (Å²) in [5.74, 6) is 0. The third-order valence-corrected chi connectivity index (χ3v) is 9.43. The summed E-state index contributed by atoms with van der Waals surface area (Å²) in [4.78, 5) is 19.8. The third-order valence-electron chi connectivity index (χ3n) is 8.10. The molecule has 0 spiro atoms. The lowest BCUT2D eigenvalue weighted by Crippen LogP contribution is -2.46. The lowest BCUT2D eigenvalue weighted by atomic mass is 9.94. The zero-order valence-electron chi connectivity index (χ0n) is 20.9. The average molecular weight is 489 g/mol. The standard InChI is InChI=1S/C29H36N4OS/c1-31(2)22-16-14-20(15-17-22)27-25-12-8-18-32(25)28-24(23-11-6-7-13-26(23)35-28)19-33(27)29(34)30-21-9-4-3-5-10-21/h8,12,14-18,21,27H,3-7,9-11,13,19H2,1-2H3,(H,30,34)/t27-/m1/s1. The molecule has 5 nitrogen and oxygen atoms in total. The third kappa shape index (κ3) is 4.16. The van der Waals surface area contributed by atoms with Crippen LogP contribution in [0.4, 0.5) is 10.5 Å². The number of rotatable bonds is 3. The minimum atomic E-state index is -0.122. The Kier molecular flexibility index (Phi) is 6.09. The highest BCUT2D eigenvalue weighted by Crippen LogP contribution is 2.44. The first-order valence-corrected chi connectivity index (χ1v) is 14.1. The van der Waals surface area contributed by atoms with Gasteiger partial charge in [0.1, 0.15) is 5.00 Å². The van der Waals surface area contributed by atoms with Crippen LogP contribution in [0.3, 0.4) is 0 Å². The molecule has 2 aromatic heterocycles. The molecule has 3 aromatic rings. The van der Waals surface area contributed by atoms with Crippen molar-refractivity contribution in [2.45, 2.75) is 76.4 Å². The van der Waals surface area contributed by atoms with Gasteiger partial charge in [0.2, 0.25) is 0 Å². The zero-order valence-corrected chi connectivity index (χ0v) is 21.7. The molecule has 1 N–H and O–H groups in total. The van der Waals surface area contributed by atoms with Crippen molar-refractivity contribution in [3.8, 4) is 5.00 Å². The molecule has 1 aromatic carbocycles. The maximum Gasteiger partial charge on any atom is 0.318 e. The molecule has 0 bridgehead atoms. The summed E-state index contributed by atoms with van der Waals surface area (Å²) >= 11 is 1.95. The van der Waals surface area contributed by atoms with Crippen molar-refractivity contribution in [2.75, 3.05) is 19.0 Å². The van der Waals surface area contributed by atoms with Gasteiger partial charge in [0.25, 0.3) is 0 Å². The van der Waals surface area contributed by atoms with Crippen LogP contribution in [-0.4, -0.2) is 35.6 Å². The maximum absolute atomic E-state index is 14.0. The van der Waals surface area contributed by atoms with Crippen molar-refractivity contribution in [2.24, 2.45) is 0 Å². The number of urea groups is 1. The highest BCUT2D eigenvalue weighted by molar-refractivity contribution is 7.15. The minimum Gasteiger partial charge on any atom is -0.378 e. The van der Waals surface area contributed by atoms with Crippen LogP contribution < -0.4 is 10.2 Å². The van der Waals surface area contributed by atoms with E-state index in [1.165, 1.54) is 76.5 Å². The monoisotopic (exact) mass is 488 g/mol. The van der Waals surface area contributed by atoms with Crippen molar-refractivity contribution in [3.05, 3.63) is 69.9 Å². The summed E-state index contributed by atoms with van der Waals surface area (Å²) in [6, 6.07) is 13.3. The number of aromatic nitrogens is 1. The van der Waals surface area contributed by atoms with Gasteiger partial charge in [-0.05, 0) is 73.9 Å². The number of carbonyl (C=O) groups excluding carboxylic acids is 1. The molecule has 1 saturated carbocycles. The van der Waals surface area contributed by atoms with Crippen LogP contribution in [0.2, 0.25) is 0 Å². The van der Waals surface area contributed by atoms with Gasteiger partial charge in [-0.2, -0.15) is 0 Å². The van der Waals surface area contributed by atoms with Crippen molar-refractivity contribution in [3.63, 3.8) is 0 Å². The second-order valence-electron chi connectivity index (χ2n) is 10.6. The molecule has 1 aliphatic heterocycles. The van der Waals surface area contributed by atoms with E-state index in [1.54, 1.807) is 0 Å². The van der Waals surface area contributed by atoms with Crippen LogP contribution in [0.1, 0.15) is 78.2 Å². The molecular formula is C29H36N4OS. The zero-order chi connectivity index (χ0) is 23.9. The quantitative estimate of drug-likeness (QED) is 0.461. The van der Waals surface area contributed by atoms with Crippen LogP contribution in [0, 0.1) is 0 Å². The molecular weight excluding hydrogens is 452 g/mol. The summed E-state index contributed by atoms with van der Waals surface area (Å²) in [6.45, 7) is 0.668. The number of fused-ring (bicyclic) bond motifs is 5. The molecule has 2 amide bonds. The van der Waals surface area contributed by atoms with Crippen molar-refractivity contribution in [1.29, 1.82) is 0 Å². The molecule has 2 aliphatic carbocycles. The number of hydrogen-bond donors (Lipinski definition) is 1. The number of anilines is 1. The summed E-state index contributed by atoms with van der Waals surface area (Å²) in [7, 11) is 4.13. The van der Waals surface area contributed by atoms with E-state index in [2.05, 4.69) is 76.4 Å².